The molecule has 0 spiro atoms. The van der Waals surface area contributed by atoms with Gasteiger partial charge in [0.1, 0.15) is 6.61 Å². The maximum Gasteiger partial charge on any atom is 0.338 e. The standard InChI is InChI=1S/C17H24O4/c1-17(2,21-15-10-8-14(18)9-11-15)16(19)20-12-13-6-4-3-5-7-13/h3-7,14-15,18H,8-12H2,1-2H3/t14-,15+. The Morgan fingerprint density at radius 3 is 2.43 bits per heavy atom. The Morgan fingerprint density at radius 1 is 1.19 bits per heavy atom. The molecule has 1 aromatic carbocycles. The van der Waals surface area contributed by atoms with Crippen LogP contribution >= 0.6 is 0 Å². The Labute approximate surface area is 126 Å². The van der Waals surface area contributed by atoms with Gasteiger partial charge >= 0.3 is 5.97 Å². The molecule has 0 atom stereocenters. The van der Waals surface area contributed by atoms with Crippen molar-refractivity contribution in [2.24, 2.45) is 0 Å². The first kappa shape index (κ1) is 16.0. The Bertz CT molecular complexity index is 447. The van der Waals surface area contributed by atoms with E-state index in [1.54, 1.807) is 13.8 Å². The molecule has 0 amide bonds. The van der Waals surface area contributed by atoms with Crippen LogP contribution in [0.4, 0.5) is 0 Å². The van der Waals surface area contributed by atoms with Crippen molar-refractivity contribution < 1.29 is 19.4 Å². The van der Waals surface area contributed by atoms with Crippen molar-refractivity contribution in [2.45, 2.75) is 63.9 Å². The average Bonchev–Trinajstić information content (AvgIpc) is 2.48. The number of carbonyl (C=O) groups excluding carboxylic acids is 1. The number of aliphatic hydroxyl groups is 1. The number of ether oxygens (including phenoxy) is 2. The smallest absolute Gasteiger partial charge is 0.338 e. The minimum absolute atomic E-state index is 0.0210. The summed E-state index contributed by atoms with van der Waals surface area (Å²) in [6, 6.07) is 9.60. The summed E-state index contributed by atoms with van der Waals surface area (Å²) in [5.74, 6) is -0.350. The molecule has 0 unspecified atom stereocenters. The van der Waals surface area contributed by atoms with E-state index in [4.69, 9.17) is 9.47 Å². The van der Waals surface area contributed by atoms with Crippen molar-refractivity contribution in [3.8, 4) is 0 Å². The summed E-state index contributed by atoms with van der Waals surface area (Å²) < 4.78 is 11.2. The zero-order chi connectivity index (χ0) is 15.3. The van der Waals surface area contributed by atoms with Gasteiger partial charge < -0.3 is 14.6 Å². The summed E-state index contributed by atoms with van der Waals surface area (Å²) in [7, 11) is 0. The highest BCUT2D eigenvalue weighted by molar-refractivity contribution is 5.78. The average molecular weight is 292 g/mol. The van der Waals surface area contributed by atoms with Crippen LogP contribution in [0, 0.1) is 0 Å². The first-order valence-corrected chi connectivity index (χ1v) is 7.54. The van der Waals surface area contributed by atoms with E-state index in [0.29, 0.717) is 0 Å². The molecule has 1 saturated carbocycles. The molecular weight excluding hydrogens is 268 g/mol. The summed E-state index contributed by atoms with van der Waals surface area (Å²) in [4.78, 5) is 12.2. The molecule has 21 heavy (non-hydrogen) atoms. The van der Waals surface area contributed by atoms with Crippen molar-refractivity contribution in [2.75, 3.05) is 0 Å². The van der Waals surface area contributed by atoms with Gasteiger partial charge in [-0.1, -0.05) is 30.3 Å². The van der Waals surface area contributed by atoms with Crippen molar-refractivity contribution in [1.29, 1.82) is 0 Å². The van der Waals surface area contributed by atoms with E-state index in [9.17, 15) is 9.90 Å². The molecule has 116 valence electrons. The van der Waals surface area contributed by atoms with E-state index in [0.717, 1.165) is 31.2 Å². The number of carbonyl (C=O) groups is 1. The van der Waals surface area contributed by atoms with Crippen LogP contribution in [0.3, 0.4) is 0 Å². The van der Waals surface area contributed by atoms with Crippen LogP contribution in [0.1, 0.15) is 45.1 Å². The molecule has 1 aliphatic rings. The van der Waals surface area contributed by atoms with Gasteiger partial charge in [0.15, 0.2) is 5.60 Å². The molecule has 2 rings (SSSR count). The SMILES string of the molecule is CC(C)(O[C@H]1CC[C@@H](O)CC1)C(=O)OCc1ccccc1. The zero-order valence-corrected chi connectivity index (χ0v) is 12.7. The molecule has 4 nitrogen and oxygen atoms in total. The van der Waals surface area contributed by atoms with E-state index in [1.807, 2.05) is 30.3 Å². The molecular formula is C17H24O4. The fraction of sp³-hybridized carbons (Fsp3) is 0.588. The van der Waals surface area contributed by atoms with E-state index in [-0.39, 0.29) is 24.8 Å². The Balaban J connectivity index is 1.82. The lowest BCUT2D eigenvalue weighted by Crippen LogP contribution is -2.41. The van der Waals surface area contributed by atoms with Crippen LogP contribution in [0.15, 0.2) is 30.3 Å². The van der Waals surface area contributed by atoms with Crippen molar-refractivity contribution in [3.63, 3.8) is 0 Å². The maximum atomic E-state index is 12.2. The monoisotopic (exact) mass is 292 g/mol. The largest absolute Gasteiger partial charge is 0.459 e. The van der Waals surface area contributed by atoms with E-state index in [1.165, 1.54) is 0 Å². The maximum absolute atomic E-state index is 12.2. The molecule has 4 heteroatoms. The summed E-state index contributed by atoms with van der Waals surface area (Å²) in [6.07, 6.45) is 2.85. The molecule has 1 aromatic rings. The topological polar surface area (TPSA) is 55.8 Å². The van der Waals surface area contributed by atoms with Gasteiger partial charge in [0.05, 0.1) is 12.2 Å². The van der Waals surface area contributed by atoms with Crippen LogP contribution in [0.2, 0.25) is 0 Å². The van der Waals surface area contributed by atoms with Crippen LogP contribution < -0.4 is 0 Å². The van der Waals surface area contributed by atoms with Gasteiger partial charge in [-0.15, -0.1) is 0 Å². The lowest BCUT2D eigenvalue weighted by atomic mass is 9.94. The highest BCUT2D eigenvalue weighted by Crippen LogP contribution is 2.26. The van der Waals surface area contributed by atoms with Crippen LogP contribution in [-0.4, -0.2) is 28.9 Å². The minimum Gasteiger partial charge on any atom is -0.459 e. The Hall–Kier alpha value is -1.39. The highest BCUT2D eigenvalue weighted by atomic mass is 16.6. The summed E-state index contributed by atoms with van der Waals surface area (Å²) in [5.41, 5.74) is 0.00398. The molecule has 1 fully saturated rings. The third kappa shape index (κ3) is 4.83. The number of esters is 1. The van der Waals surface area contributed by atoms with Gasteiger partial charge in [-0.25, -0.2) is 4.79 Å². The molecule has 0 aliphatic heterocycles. The quantitative estimate of drug-likeness (QED) is 0.848. The number of rotatable bonds is 5. The van der Waals surface area contributed by atoms with Gasteiger partial charge in [0.2, 0.25) is 0 Å². The number of aliphatic hydroxyl groups excluding tert-OH is 1. The minimum atomic E-state index is -0.957. The second-order valence-electron chi connectivity index (χ2n) is 6.12. The summed E-state index contributed by atoms with van der Waals surface area (Å²) in [5, 5.41) is 9.50. The van der Waals surface area contributed by atoms with E-state index >= 15 is 0 Å². The second-order valence-corrected chi connectivity index (χ2v) is 6.12. The van der Waals surface area contributed by atoms with Gasteiger partial charge in [-0.05, 0) is 45.1 Å². The lowest BCUT2D eigenvalue weighted by molar-refractivity contribution is -0.179. The van der Waals surface area contributed by atoms with Crippen LogP contribution in [0.25, 0.3) is 0 Å². The first-order valence-electron chi connectivity index (χ1n) is 7.54. The van der Waals surface area contributed by atoms with Gasteiger partial charge in [0, 0.05) is 0 Å². The molecule has 0 bridgehead atoms. The first-order chi connectivity index (χ1) is 9.97. The van der Waals surface area contributed by atoms with Crippen LogP contribution in [-0.2, 0) is 20.9 Å². The molecule has 0 radical (unpaired) electrons. The van der Waals surface area contributed by atoms with Crippen LogP contribution in [0.5, 0.6) is 0 Å². The third-order valence-corrected chi connectivity index (χ3v) is 3.81. The normalized spacial score (nSPS) is 22.8. The summed E-state index contributed by atoms with van der Waals surface area (Å²) in [6.45, 7) is 3.74. The predicted octanol–water partition coefficient (Wildman–Crippen LogP) is 2.83. The van der Waals surface area contributed by atoms with Gasteiger partial charge in [-0.2, -0.15) is 0 Å². The van der Waals surface area contributed by atoms with E-state index in [2.05, 4.69) is 0 Å². The van der Waals surface area contributed by atoms with Crippen molar-refractivity contribution in [3.05, 3.63) is 35.9 Å². The van der Waals surface area contributed by atoms with E-state index < -0.39 is 5.60 Å². The Morgan fingerprint density at radius 2 is 1.81 bits per heavy atom. The number of hydrogen-bond donors (Lipinski definition) is 1. The highest BCUT2D eigenvalue weighted by Gasteiger charge is 2.34. The molecule has 0 heterocycles. The van der Waals surface area contributed by atoms with Crippen molar-refractivity contribution >= 4 is 5.97 Å². The lowest BCUT2D eigenvalue weighted by Gasteiger charge is -2.32. The third-order valence-electron chi connectivity index (χ3n) is 3.81. The molecule has 1 N–H and O–H groups in total. The predicted molar refractivity (Wildman–Crippen MR) is 79.7 cm³/mol. The molecule has 0 aromatic heterocycles. The zero-order valence-electron chi connectivity index (χ0n) is 12.7. The fourth-order valence-electron chi connectivity index (χ4n) is 2.52. The Kier molecular flexibility index (Phi) is 5.37. The number of benzene rings is 1. The fourth-order valence-corrected chi connectivity index (χ4v) is 2.52. The van der Waals surface area contributed by atoms with Gasteiger partial charge in [-0.3, -0.25) is 0 Å². The summed E-state index contributed by atoms with van der Waals surface area (Å²) >= 11 is 0. The van der Waals surface area contributed by atoms with Crippen molar-refractivity contribution in [1.82, 2.24) is 0 Å². The number of hydrogen-bond acceptors (Lipinski definition) is 4. The molecule has 1 aliphatic carbocycles. The van der Waals surface area contributed by atoms with Gasteiger partial charge in [0.25, 0.3) is 0 Å². The molecule has 0 saturated heterocycles. The second kappa shape index (κ2) is 7.05.